The smallest absolute Gasteiger partial charge is 0.354 e. The summed E-state index contributed by atoms with van der Waals surface area (Å²) in [6.07, 6.45) is 2.61. The molecule has 1 aliphatic rings. The molecule has 7 nitrogen and oxygen atoms in total. The number of carbonyl (C=O) groups excluding carboxylic acids is 2. The van der Waals surface area contributed by atoms with Gasteiger partial charge in [-0.05, 0) is 44.0 Å². The number of aromatic carboxylic acids is 1. The molecule has 0 unspecified atom stereocenters. The van der Waals surface area contributed by atoms with Gasteiger partial charge < -0.3 is 15.3 Å². The Morgan fingerprint density at radius 2 is 1.74 bits per heavy atom. The number of carboxylic acids is 1. The quantitative estimate of drug-likeness (QED) is 0.862. The van der Waals surface area contributed by atoms with Crippen molar-refractivity contribution in [2.45, 2.75) is 25.8 Å². The van der Waals surface area contributed by atoms with Crippen molar-refractivity contribution < 1.29 is 19.5 Å². The summed E-state index contributed by atoms with van der Waals surface area (Å²) in [5.74, 6) is -1.50. The molecule has 27 heavy (non-hydrogen) atoms. The first kappa shape index (κ1) is 18.6. The predicted molar refractivity (Wildman–Crippen MR) is 98.8 cm³/mol. The van der Waals surface area contributed by atoms with Gasteiger partial charge in [0.05, 0.1) is 0 Å². The zero-order valence-corrected chi connectivity index (χ0v) is 15.0. The van der Waals surface area contributed by atoms with Crippen LogP contribution < -0.4 is 5.32 Å². The number of pyridine rings is 1. The molecule has 0 aliphatic carbocycles. The maximum atomic E-state index is 12.5. The molecular weight excluding hydrogens is 346 g/mol. The van der Waals surface area contributed by atoms with Crippen molar-refractivity contribution in [2.75, 3.05) is 13.1 Å². The number of rotatable bonds is 4. The Morgan fingerprint density at radius 3 is 2.37 bits per heavy atom. The highest BCUT2D eigenvalue weighted by Crippen LogP contribution is 2.15. The minimum absolute atomic E-state index is 0.00000952. The van der Waals surface area contributed by atoms with E-state index in [1.54, 1.807) is 4.90 Å². The molecule has 1 aromatic carbocycles. The summed E-state index contributed by atoms with van der Waals surface area (Å²) in [6.45, 7) is 3.10. The first-order valence-corrected chi connectivity index (χ1v) is 8.80. The molecule has 0 bridgehead atoms. The SMILES string of the molecule is Cc1ccc(C(=O)N2CCC(NC(=O)c3ccnc(C(=O)O)c3)CC2)cc1. The van der Waals surface area contributed by atoms with Crippen LogP contribution in [0.4, 0.5) is 0 Å². The van der Waals surface area contributed by atoms with Crippen molar-refractivity contribution in [3.05, 3.63) is 65.0 Å². The summed E-state index contributed by atoms with van der Waals surface area (Å²) < 4.78 is 0. The molecule has 2 heterocycles. The van der Waals surface area contributed by atoms with E-state index in [1.165, 1.54) is 18.3 Å². The first-order valence-electron chi connectivity index (χ1n) is 8.80. The maximum absolute atomic E-state index is 12.5. The van der Waals surface area contributed by atoms with Gasteiger partial charge in [-0.1, -0.05) is 17.7 Å². The molecule has 0 spiro atoms. The number of aromatic nitrogens is 1. The number of hydrogen-bond acceptors (Lipinski definition) is 4. The van der Waals surface area contributed by atoms with Gasteiger partial charge in [-0.2, -0.15) is 0 Å². The van der Waals surface area contributed by atoms with E-state index >= 15 is 0 Å². The zero-order chi connectivity index (χ0) is 19.4. The van der Waals surface area contributed by atoms with Crippen LogP contribution in [-0.2, 0) is 0 Å². The molecule has 2 aromatic rings. The molecular formula is C20H21N3O4. The van der Waals surface area contributed by atoms with Crippen molar-refractivity contribution in [1.82, 2.24) is 15.2 Å². The summed E-state index contributed by atoms with van der Waals surface area (Å²) in [5.41, 5.74) is 1.87. The normalized spacial score (nSPS) is 14.6. The summed E-state index contributed by atoms with van der Waals surface area (Å²) in [6, 6.07) is 10.2. The van der Waals surface area contributed by atoms with Crippen molar-refractivity contribution in [2.24, 2.45) is 0 Å². The lowest BCUT2D eigenvalue weighted by Crippen LogP contribution is -2.46. The van der Waals surface area contributed by atoms with Gasteiger partial charge in [0.25, 0.3) is 11.8 Å². The largest absolute Gasteiger partial charge is 0.477 e. The van der Waals surface area contributed by atoms with E-state index in [0.717, 1.165) is 5.56 Å². The Balaban J connectivity index is 1.55. The first-order chi connectivity index (χ1) is 12.9. The Kier molecular flexibility index (Phi) is 5.49. The lowest BCUT2D eigenvalue weighted by molar-refractivity contribution is 0.0685. The predicted octanol–water partition coefficient (Wildman–Crippen LogP) is 2.12. The second-order valence-electron chi connectivity index (χ2n) is 6.64. The van der Waals surface area contributed by atoms with E-state index in [4.69, 9.17) is 5.11 Å². The van der Waals surface area contributed by atoms with Gasteiger partial charge in [-0.25, -0.2) is 9.78 Å². The van der Waals surface area contributed by atoms with Gasteiger partial charge in [-0.3, -0.25) is 9.59 Å². The van der Waals surface area contributed by atoms with Gasteiger partial charge >= 0.3 is 5.97 Å². The van der Waals surface area contributed by atoms with Gasteiger partial charge in [0.2, 0.25) is 0 Å². The van der Waals surface area contributed by atoms with E-state index in [-0.39, 0.29) is 29.1 Å². The molecule has 2 N–H and O–H groups in total. The lowest BCUT2D eigenvalue weighted by Gasteiger charge is -2.32. The third-order valence-corrected chi connectivity index (χ3v) is 4.66. The van der Waals surface area contributed by atoms with E-state index in [9.17, 15) is 14.4 Å². The minimum Gasteiger partial charge on any atom is -0.477 e. The highest BCUT2D eigenvalue weighted by molar-refractivity contribution is 5.97. The van der Waals surface area contributed by atoms with Gasteiger partial charge in [-0.15, -0.1) is 0 Å². The monoisotopic (exact) mass is 367 g/mol. The summed E-state index contributed by atoms with van der Waals surface area (Å²) in [5, 5.41) is 11.9. The van der Waals surface area contributed by atoms with E-state index in [1.807, 2.05) is 31.2 Å². The van der Waals surface area contributed by atoms with Crippen LogP contribution in [0.15, 0.2) is 42.6 Å². The number of aryl methyl sites for hydroxylation is 1. The molecule has 0 atom stereocenters. The number of carbonyl (C=O) groups is 3. The molecule has 0 radical (unpaired) electrons. The standard InChI is InChI=1S/C20H21N3O4/c1-13-2-4-14(5-3-13)19(25)23-10-7-16(8-11-23)22-18(24)15-6-9-21-17(12-15)20(26)27/h2-6,9,12,16H,7-8,10-11H2,1H3,(H,22,24)(H,26,27). The molecule has 1 aliphatic heterocycles. The van der Waals surface area contributed by atoms with Crippen molar-refractivity contribution in [1.29, 1.82) is 0 Å². The Labute approximate surface area is 157 Å². The summed E-state index contributed by atoms with van der Waals surface area (Å²) in [4.78, 5) is 41.4. The Morgan fingerprint density at radius 1 is 1.07 bits per heavy atom. The topological polar surface area (TPSA) is 99.6 Å². The Hall–Kier alpha value is -3.22. The third-order valence-electron chi connectivity index (χ3n) is 4.66. The van der Waals surface area contributed by atoms with Crippen molar-refractivity contribution in [3.8, 4) is 0 Å². The highest BCUT2D eigenvalue weighted by atomic mass is 16.4. The fraction of sp³-hybridized carbons (Fsp3) is 0.300. The number of nitrogens with zero attached hydrogens (tertiary/aromatic N) is 2. The van der Waals surface area contributed by atoms with Crippen LogP contribution >= 0.6 is 0 Å². The molecule has 140 valence electrons. The fourth-order valence-electron chi connectivity index (χ4n) is 3.06. The van der Waals surface area contributed by atoms with Gasteiger partial charge in [0.15, 0.2) is 0 Å². The summed E-state index contributed by atoms with van der Waals surface area (Å²) >= 11 is 0. The number of benzene rings is 1. The molecule has 7 heteroatoms. The average molecular weight is 367 g/mol. The van der Waals surface area contributed by atoms with Crippen molar-refractivity contribution >= 4 is 17.8 Å². The number of nitrogens with one attached hydrogen (secondary N) is 1. The molecule has 1 saturated heterocycles. The average Bonchev–Trinajstić information content (AvgIpc) is 2.68. The highest BCUT2D eigenvalue weighted by Gasteiger charge is 2.25. The Bertz CT molecular complexity index is 856. The van der Waals surface area contributed by atoms with Crippen LogP contribution in [0.5, 0.6) is 0 Å². The van der Waals surface area contributed by atoms with Crippen LogP contribution in [0, 0.1) is 6.92 Å². The number of likely N-dealkylation sites (tertiary alicyclic amines) is 1. The molecule has 0 saturated carbocycles. The van der Waals surface area contributed by atoms with Crippen LogP contribution in [0.3, 0.4) is 0 Å². The van der Waals surface area contributed by atoms with E-state index < -0.39 is 5.97 Å². The number of piperidine rings is 1. The van der Waals surface area contributed by atoms with Gasteiger partial charge in [0.1, 0.15) is 5.69 Å². The van der Waals surface area contributed by atoms with Crippen LogP contribution in [0.2, 0.25) is 0 Å². The number of carboxylic acid groups (broad SMARTS) is 1. The molecule has 1 fully saturated rings. The van der Waals surface area contributed by atoms with Gasteiger partial charge in [0, 0.05) is 36.5 Å². The minimum atomic E-state index is -1.17. The number of amides is 2. The zero-order valence-electron chi connectivity index (χ0n) is 15.0. The fourth-order valence-corrected chi connectivity index (χ4v) is 3.06. The van der Waals surface area contributed by atoms with Crippen LogP contribution in [0.25, 0.3) is 0 Å². The maximum Gasteiger partial charge on any atom is 0.354 e. The lowest BCUT2D eigenvalue weighted by atomic mass is 10.0. The van der Waals surface area contributed by atoms with Crippen molar-refractivity contribution in [3.63, 3.8) is 0 Å². The third kappa shape index (κ3) is 4.49. The second kappa shape index (κ2) is 7.99. The van der Waals surface area contributed by atoms with Crippen LogP contribution in [0.1, 0.15) is 49.6 Å². The number of hydrogen-bond donors (Lipinski definition) is 2. The van der Waals surface area contributed by atoms with E-state index in [0.29, 0.717) is 31.5 Å². The molecule has 1 aromatic heterocycles. The summed E-state index contributed by atoms with van der Waals surface area (Å²) in [7, 11) is 0. The molecule has 2 amide bonds. The van der Waals surface area contributed by atoms with E-state index in [2.05, 4.69) is 10.3 Å². The van der Waals surface area contributed by atoms with Crippen LogP contribution in [-0.4, -0.2) is 51.9 Å². The second-order valence-corrected chi connectivity index (χ2v) is 6.64. The molecule has 3 rings (SSSR count).